The zero-order valence-corrected chi connectivity index (χ0v) is 12.0. The quantitative estimate of drug-likeness (QED) is 0.843. The third kappa shape index (κ3) is 2.61. The molecule has 0 aliphatic heterocycles. The van der Waals surface area contributed by atoms with Gasteiger partial charge in [-0.15, -0.1) is 0 Å². The number of H-pyrrole nitrogens is 1. The Hall–Kier alpha value is -2.43. The molecule has 2 rings (SSSR count). The fraction of sp³-hybridized carbons (Fsp3) is 0.267. The number of Topliss-reactive ketones (excluding diaryl/α,β-unsaturated/α-hetero) is 1. The van der Waals surface area contributed by atoms with Crippen molar-refractivity contribution in [2.45, 2.75) is 27.7 Å². The lowest BCUT2D eigenvalue weighted by atomic mass is 10.1. The first-order chi connectivity index (χ1) is 9.40. The summed E-state index contributed by atoms with van der Waals surface area (Å²) in [6.07, 6.45) is 1.64. The van der Waals surface area contributed by atoms with E-state index in [1.165, 1.54) is 6.92 Å². The molecule has 0 fully saturated rings. The van der Waals surface area contributed by atoms with Gasteiger partial charge in [-0.25, -0.2) is 4.98 Å². The lowest BCUT2D eigenvalue weighted by molar-refractivity contribution is 0.101. The smallest absolute Gasteiger partial charge is 0.273 e. The van der Waals surface area contributed by atoms with Gasteiger partial charge in [0.25, 0.3) is 5.91 Å². The highest BCUT2D eigenvalue weighted by molar-refractivity contribution is 6.07. The van der Waals surface area contributed by atoms with Crippen LogP contribution in [-0.2, 0) is 0 Å². The van der Waals surface area contributed by atoms with Crippen molar-refractivity contribution in [1.29, 1.82) is 0 Å². The maximum absolute atomic E-state index is 12.2. The lowest BCUT2D eigenvalue weighted by Gasteiger charge is -2.04. The van der Waals surface area contributed by atoms with Crippen molar-refractivity contribution in [1.82, 2.24) is 9.97 Å². The van der Waals surface area contributed by atoms with Gasteiger partial charge in [-0.1, -0.05) is 0 Å². The number of anilines is 1. The van der Waals surface area contributed by atoms with Crippen molar-refractivity contribution >= 4 is 17.5 Å². The van der Waals surface area contributed by atoms with E-state index in [1.54, 1.807) is 26.1 Å². The second-order valence-electron chi connectivity index (χ2n) is 4.85. The maximum Gasteiger partial charge on any atom is 0.273 e. The van der Waals surface area contributed by atoms with Crippen molar-refractivity contribution in [3.63, 3.8) is 0 Å². The van der Waals surface area contributed by atoms with E-state index in [0.717, 1.165) is 5.56 Å². The molecular weight excluding hydrogens is 254 g/mol. The molecule has 5 heteroatoms. The second-order valence-corrected chi connectivity index (χ2v) is 4.85. The molecule has 5 nitrogen and oxygen atoms in total. The molecule has 0 aliphatic rings. The first-order valence-corrected chi connectivity index (χ1v) is 6.34. The molecule has 0 saturated carbocycles. The molecular formula is C15H17N3O2. The molecule has 0 spiro atoms. The molecule has 104 valence electrons. The summed E-state index contributed by atoms with van der Waals surface area (Å²) in [4.78, 5) is 30.9. The van der Waals surface area contributed by atoms with Gasteiger partial charge in [0.15, 0.2) is 5.78 Å². The van der Waals surface area contributed by atoms with Crippen LogP contribution in [0.15, 0.2) is 18.3 Å². The summed E-state index contributed by atoms with van der Waals surface area (Å²) in [6.45, 7) is 6.96. The van der Waals surface area contributed by atoms with Crippen LogP contribution in [0.25, 0.3) is 0 Å². The third-order valence-electron chi connectivity index (χ3n) is 3.17. The molecule has 0 atom stereocenters. The number of rotatable bonds is 3. The summed E-state index contributed by atoms with van der Waals surface area (Å²) in [7, 11) is 0. The normalized spacial score (nSPS) is 10.4. The van der Waals surface area contributed by atoms with E-state index >= 15 is 0 Å². The number of carbonyl (C=O) groups excluding carboxylic acids is 2. The summed E-state index contributed by atoms with van der Waals surface area (Å²) in [5.74, 6) is 0.145. The summed E-state index contributed by atoms with van der Waals surface area (Å²) < 4.78 is 0. The Morgan fingerprint density at radius 3 is 2.50 bits per heavy atom. The van der Waals surface area contributed by atoms with Gasteiger partial charge >= 0.3 is 0 Å². The first-order valence-electron chi connectivity index (χ1n) is 6.34. The number of ketones is 1. The number of hydrogen-bond acceptors (Lipinski definition) is 3. The Morgan fingerprint density at radius 2 is 1.95 bits per heavy atom. The van der Waals surface area contributed by atoms with Crippen molar-refractivity contribution in [2.75, 3.05) is 5.32 Å². The van der Waals surface area contributed by atoms with Gasteiger partial charge in [0.2, 0.25) is 0 Å². The SMILES string of the molecule is CC(=O)c1c(C)[nH]c(C(=O)Nc2cc(C)ccn2)c1C. The minimum atomic E-state index is -0.295. The molecule has 1 amide bonds. The van der Waals surface area contributed by atoms with Crippen LogP contribution in [0.4, 0.5) is 5.82 Å². The number of amides is 1. The van der Waals surface area contributed by atoms with Crippen molar-refractivity contribution in [2.24, 2.45) is 0 Å². The topological polar surface area (TPSA) is 74.8 Å². The lowest BCUT2D eigenvalue weighted by Crippen LogP contribution is -2.14. The monoisotopic (exact) mass is 271 g/mol. The summed E-state index contributed by atoms with van der Waals surface area (Å²) in [6, 6.07) is 3.64. The summed E-state index contributed by atoms with van der Waals surface area (Å²) >= 11 is 0. The predicted octanol–water partition coefficient (Wildman–Crippen LogP) is 2.79. The highest BCUT2D eigenvalue weighted by atomic mass is 16.2. The number of carbonyl (C=O) groups is 2. The Morgan fingerprint density at radius 1 is 1.25 bits per heavy atom. The van der Waals surface area contributed by atoms with Crippen LogP contribution in [0, 0.1) is 20.8 Å². The molecule has 0 aliphatic carbocycles. The fourth-order valence-corrected chi connectivity index (χ4v) is 2.29. The molecule has 0 radical (unpaired) electrons. The molecule has 0 aromatic carbocycles. The van der Waals surface area contributed by atoms with Gasteiger partial charge < -0.3 is 10.3 Å². The molecule has 0 saturated heterocycles. The van der Waals surface area contributed by atoms with Gasteiger partial charge in [0.05, 0.1) is 0 Å². The Balaban J connectivity index is 2.31. The van der Waals surface area contributed by atoms with E-state index in [4.69, 9.17) is 0 Å². The second kappa shape index (κ2) is 5.28. The zero-order chi connectivity index (χ0) is 14.9. The van der Waals surface area contributed by atoms with E-state index in [-0.39, 0.29) is 11.7 Å². The number of hydrogen-bond donors (Lipinski definition) is 2. The van der Waals surface area contributed by atoms with Crippen LogP contribution in [0.2, 0.25) is 0 Å². The number of aromatic amines is 1. The predicted molar refractivity (Wildman–Crippen MR) is 77.2 cm³/mol. The van der Waals surface area contributed by atoms with Gasteiger partial charge in [-0.2, -0.15) is 0 Å². The average Bonchev–Trinajstić information content (AvgIpc) is 2.64. The van der Waals surface area contributed by atoms with E-state index in [2.05, 4.69) is 15.3 Å². The maximum atomic E-state index is 12.2. The first kappa shape index (κ1) is 14.0. The number of pyridine rings is 1. The largest absolute Gasteiger partial charge is 0.354 e. The van der Waals surface area contributed by atoms with Crippen LogP contribution in [0.1, 0.15) is 44.6 Å². The van der Waals surface area contributed by atoms with E-state index in [1.807, 2.05) is 13.0 Å². The van der Waals surface area contributed by atoms with Crippen LogP contribution in [-0.4, -0.2) is 21.7 Å². The molecule has 20 heavy (non-hydrogen) atoms. The zero-order valence-electron chi connectivity index (χ0n) is 12.0. The minimum absolute atomic E-state index is 0.0519. The highest BCUT2D eigenvalue weighted by Gasteiger charge is 2.19. The number of aryl methyl sites for hydroxylation is 2. The van der Waals surface area contributed by atoms with Gasteiger partial charge in [-0.05, 0) is 51.0 Å². The van der Waals surface area contributed by atoms with E-state index in [9.17, 15) is 9.59 Å². The van der Waals surface area contributed by atoms with Crippen molar-refractivity contribution < 1.29 is 9.59 Å². The molecule has 0 bridgehead atoms. The highest BCUT2D eigenvalue weighted by Crippen LogP contribution is 2.19. The fourth-order valence-electron chi connectivity index (χ4n) is 2.29. The number of nitrogens with one attached hydrogen (secondary N) is 2. The van der Waals surface area contributed by atoms with Crippen LogP contribution >= 0.6 is 0 Å². The number of nitrogens with zero attached hydrogens (tertiary/aromatic N) is 1. The standard InChI is InChI=1S/C15H17N3O2/c1-8-5-6-16-12(7-8)18-15(20)14-9(2)13(11(4)19)10(3)17-14/h5-7,17H,1-4H3,(H,16,18,20). The van der Waals surface area contributed by atoms with Gasteiger partial charge in [-0.3, -0.25) is 9.59 Å². The van der Waals surface area contributed by atoms with Gasteiger partial charge in [0.1, 0.15) is 11.5 Å². The van der Waals surface area contributed by atoms with Crippen LogP contribution in [0.3, 0.4) is 0 Å². The van der Waals surface area contributed by atoms with Crippen LogP contribution < -0.4 is 5.32 Å². The van der Waals surface area contributed by atoms with E-state index < -0.39 is 0 Å². The molecule has 0 unspecified atom stereocenters. The van der Waals surface area contributed by atoms with Crippen molar-refractivity contribution in [3.05, 3.63) is 46.4 Å². The molecule has 2 aromatic heterocycles. The third-order valence-corrected chi connectivity index (χ3v) is 3.17. The molecule has 2 heterocycles. The summed E-state index contributed by atoms with van der Waals surface area (Å²) in [5.41, 5.74) is 3.36. The van der Waals surface area contributed by atoms with Crippen molar-refractivity contribution in [3.8, 4) is 0 Å². The minimum Gasteiger partial charge on any atom is -0.354 e. The Labute approximate surface area is 117 Å². The average molecular weight is 271 g/mol. The Kier molecular flexibility index (Phi) is 3.70. The summed E-state index contributed by atoms with van der Waals surface area (Å²) in [5, 5.41) is 2.73. The van der Waals surface area contributed by atoms with E-state index in [0.29, 0.717) is 28.3 Å². The molecule has 2 aromatic rings. The number of aromatic nitrogens is 2. The van der Waals surface area contributed by atoms with Gasteiger partial charge in [0, 0.05) is 17.5 Å². The Bertz CT molecular complexity index is 686. The van der Waals surface area contributed by atoms with Crippen LogP contribution in [0.5, 0.6) is 0 Å². The molecule has 2 N–H and O–H groups in total.